The Morgan fingerprint density at radius 1 is 1.39 bits per heavy atom. The Hall–Kier alpha value is -1.92. The number of rotatable bonds is 6. The molecule has 0 N–H and O–H groups in total. The first-order valence-electron chi connectivity index (χ1n) is 6.88. The number of ether oxygens (including phenoxy) is 2. The third kappa shape index (κ3) is 3.71. The molecule has 5 nitrogen and oxygen atoms in total. The van der Waals surface area contributed by atoms with E-state index in [1.54, 1.807) is 18.2 Å². The van der Waals surface area contributed by atoms with Gasteiger partial charge in [-0.15, -0.1) is 6.58 Å². The first-order chi connectivity index (χ1) is 11.0. The fourth-order valence-corrected chi connectivity index (χ4v) is 3.17. The highest BCUT2D eigenvalue weighted by Gasteiger charge is 2.34. The maximum Gasteiger partial charge on any atom is 0.293 e. The molecule has 122 valence electrons. The van der Waals surface area contributed by atoms with E-state index in [0.29, 0.717) is 33.6 Å². The number of amides is 2. The Morgan fingerprint density at radius 3 is 2.74 bits per heavy atom. The van der Waals surface area contributed by atoms with Gasteiger partial charge in [0.25, 0.3) is 11.1 Å². The molecule has 0 aromatic heterocycles. The summed E-state index contributed by atoms with van der Waals surface area (Å²) in [5.41, 5.74) is 0.652. The van der Waals surface area contributed by atoms with Crippen molar-refractivity contribution in [2.75, 3.05) is 20.3 Å². The number of carbonyl (C=O) groups is 2. The van der Waals surface area contributed by atoms with Gasteiger partial charge in [0.15, 0.2) is 11.5 Å². The van der Waals surface area contributed by atoms with E-state index in [2.05, 4.69) is 6.58 Å². The van der Waals surface area contributed by atoms with Gasteiger partial charge >= 0.3 is 0 Å². The lowest BCUT2D eigenvalue weighted by atomic mass is 10.1. The second-order valence-corrected chi connectivity index (χ2v) is 5.95. The quantitative estimate of drug-likeness (QED) is 0.572. The van der Waals surface area contributed by atoms with Crippen LogP contribution in [0, 0.1) is 0 Å². The van der Waals surface area contributed by atoms with Crippen molar-refractivity contribution in [3.05, 3.63) is 40.3 Å². The SMILES string of the molecule is C=CCN1C(=O)S/C(=C\c2cc(Cl)c(OCC)c(OC)c2)C1=O. The lowest BCUT2D eigenvalue weighted by Crippen LogP contribution is -2.27. The van der Waals surface area contributed by atoms with E-state index in [0.717, 1.165) is 16.7 Å². The van der Waals surface area contributed by atoms with E-state index in [-0.39, 0.29) is 17.7 Å². The van der Waals surface area contributed by atoms with E-state index in [1.807, 2.05) is 6.92 Å². The molecule has 23 heavy (non-hydrogen) atoms. The first kappa shape index (κ1) is 17.4. The molecule has 7 heteroatoms. The average Bonchev–Trinajstić information content (AvgIpc) is 2.77. The molecule has 1 fully saturated rings. The molecule has 0 atom stereocenters. The molecule has 0 aliphatic carbocycles. The summed E-state index contributed by atoms with van der Waals surface area (Å²) in [7, 11) is 1.51. The second-order valence-electron chi connectivity index (χ2n) is 4.55. The van der Waals surface area contributed by atoms with Gasteiger partial charge in [-0.25, -0.2) is 0 Å². The van der Waals surface area contributed by atoms with Gasteiger partial charge in [0.05, 0.1) is 23.6 Å². The Bertz CT molecular complexity index is 687. The fourth-order valence-electron chi connectivity index (χ4n) is 2.05. The maximum atomic E-state index is 12.2. The zero-order chi connectivity index (χ0) is 17.0. The minimum absolute atomic E-state index is 0.190. The molecule has 0 unspecified atom stereocenters. The van der Waals surface area contributed by atoms with Gasteiger partial charge < -0.3 is 9.47 Å². The van der Waals surface area contributed by atoms with Crippen LogP contribution in [0.25, 0.3) is 6.08 Å². The molecule has 1 aliphatic rings. The molecule has 1 aromatic rings. The maximum absolute atomic E-state index is 12.2. The van der Waals surface area contributed by atoms with Crippen LogP contribution >= 0.6 is 23.4 Å². The zero-order valence-electron chi connectivity index (χ0n) is 12.8. The predicted molar refractivity (Wildman–Crippen MR) is 92.0 cm³/mol. The molecule has 1 saturated heterocycles. The van der Waals surface area contributed by atoms with E-state index in [4.69, 9.17) is 21.1 Å². The third-order valence-electron chi connectivity index (χ3n) is 3.02. The van der Waals surface area contributed by atoms with Gasteiger partial charge in [-0.2, -0.15) is 0 Å². The van der Waals surface area contributed by atoms with Gasteiger partial charge in [0, 0.05) is 6.54 Å². The van der Waals surface area contributed by atoms with E-state index >= 15 is 0 Å². The molecule has 0 spiro atoms. The van der Waals surface area contributed by atoms with E-state index < -0.39 is 0 Å². The summed E-state index contributed by atoms with van der Waals surface area (Å²) in [6, 6.07) is 3.37. The minimum Gasteiger partial charge on any atom is -0.493 e. The summed E-state index contributed by atoms with van der Waals surface area (Å²) in [6.07, 6.45) is 3.12. The summed E-state index contributed by atoms with van der Waals surface area (Å²) < 4.78 is 10.7. The highest BCUT2D eigenvalue weighted by Crippen LogP contribution is 2.38. The number of benzene rings is 1. The van der Waals surface area contributed by atoms with Crippen LogP contribution in [0.5, 0.6) is 11.5 Å². The molecule has 2 amide bonds. The molecular formula is C16H16ClNO4S. The Labute approximate surface area is 143 Å². The van der Waals surface area contributed by atoms with Crippen molar-refractivity contribution < 1.29 is 19.1 Å². The predicted octanol–water partition coefficient (Wildman–Crippen LogP) is 3.97. The van der Waals surface area contributed by atoms with Gasteiger partial charge in [-0.1, -0.05) is 17.7 Å². The first-order valence-corrected chi connectivity index (χ1v) is 8.07. The number of carbonyl (C=O) groups excluding carboxylic acids is 2. The fraction of sp³-hybridized carbons (Fsp3) is 0.250. The number of imide groups is 1. The standard InChI is InChI=1S/C16H16ClNO4S/c1-4-6-18-15(19)13(23-16(18)20)9-10-7-11(17)14(22-5-2)12(8-10)21-3/h4,7-9H,1,5-6H2,2-3H3/b13-9-. The summed E-state index contributed by atoms with van der Waals surface area (Å²) >= 11 is 7.09. The number of methoxy groups -OCH3 is 1. The summed E-state index contributed by atoms with van der Waals surface area (Å²) in [6.45, 7) is 6.03. The van der Waals surface area contributed by atoms with Crippen LogP contribution in [0.1, 0.15) is 12.5 Å². The van der Waals surface area contributed by atoms with Crippen LogP contribution in [0.3, 0.4) is 0 Å². The highest BCUT2D eigenvalue weighted by atomic mass is 35.5. The monoisotopic (exact) mass is 353 g/mol. The largest absolute Gasteiger partial charge is 0.493 e. The second kappa shape index (κ2) is 7.57. The van der Waals surface area contributed by atoms with Crippen molar-refractivity contribution in [1.82, 2.24) is 4.90 Å². The lowest BCUT2D eigenvalue weighted by Gasteiger charge is -2.12. The van der Waals surface area contributed by atoms with Gasteiger partial charge in [-0.05, 0) is 42.5 Å². The van der Waals surface area contributed by atoms with Crippen LogP contribution in [0.4, 0.5) is 4.79 Å². The molecule has 2 rings (SSSR count). The van der Waals surface area contributed by atoms with E-state index in [1.165, 1.54) is 13.2 Å². The molecule has 1 aromatic carbocycles. The van der Waals surface area contributed by atoms with Crippen molar-refractivity contribution in [1.29, 1.82) is 0 Å². The Balaban J connectivity index is 2.36. The van der Waals surface area contributed by atoms with Crippen LogP contribution in [0.2, 0.25) is 5.02 Å². The molecule has 0 saturated carbocycles. The number of halogens is 1. The number of hydrogen-bond acceptors (Lipinski definition) is 5. The normalized spacial score (nSPS) is 16.1. The van der Waals surface area contributed by atoms with Crippen molar-refractivity contribution >= 4 is 40.6 Å². The van der Waals surface area contributed by atoms with Gasteiger partial charge in [0.2, 0.25) is 0 Å². The Morgan fingerprint density at radius 2 is 2.13 bits per heavy atom. The Kier molecular flexibility index (Phi) is 5.74. The summed E-state index contributed by atoms with van der Waals surface area (Å²) in [4.78, 5) is 25.5. The minimum atomic E-state index is -0.344. The van der Waals surface area contributed by atoms with Crippen LogP contribution in [-0.2, 0) is 4.79 Å². The summed E-state index contributed by atoms with van der Waals surface area (Å²) in [5.74, 6) is 0.577. The smallest absolute Gasteiger partial charge is 0.293 e. The van der Waals surface area contributed by atoms with Crippen LogP contribution < -0.4 is 9.47 Å². The van der Waals surface area contributed by atoms with Gasteiger partial charge in [0.1, 0.15) is 0 Å². The van der Waals surface area contributed by atoms with Gasteiger partial charge in [-0.3, -0.25) is 14.5 Å². The van der Waals surface area contributed by atoms with Crippen molar-refractivity contribution in [2.45, 2.75) is 6.92 Å². The topological polar surface area (TPSA) is 55.8 Å². The van der Waals surface area contributed by atoms with Crippen molar-refractivity contribution in [3.63, 3.8) is 0 Å². The average molecular weight is 354 g/mol. The number of thioether (sulfide) groups is 1. The third-order valence-corrected chi connectivity index (χ3v) is 4.21. The van der Waals surface area contributed by atoms with Crippen molar-refractivity contribution in [3.8, 4) is 11.5 Å². The highest BCUT2D eigenvalue weighted by molar-refractivity contribution is 8.18. The molecule has 1 heterocycles. The summed E-state index contributed by atoms with van der Waals surface area (Å²) in [5, 5.41) is 0.0629. The van der Waals surface area contributed by atoms with Crippen LogP contribution in [0.15, 0.2) is 29.7 Å². The van der Waals surface area contributed by atoms with Crippen molar-refractivity contribution in [2.24, 2.45) is 0 Å². The molecule has 1 aliphatic heterocycles. The number of nitrogens with zero attached hydrogens (tertiary/aromatic N) is 1. The molecule has 0 bridgehead atoms. The molecular weight excluding hydrogens is 338 g/mol. The lowest BCUT2D eigenvalue weighted by molar-refractivity contribution is -0.122. The zero-order valence-corrected chi connectivity index (χ0v) is 14.4. The number of hydrogen-bond donors (Lipinski definition) is 0. The van der Waals surface area contributed by atoms with E-state index in [9.17, 15) is 9.59 Å². The molecule has 0 radical (unpaired) electrons. The van der Waals surface area contributed by atoms with Crippen LogP contribution in [-0.4, -0.2) is 36.3 Å².